The van der Waals surface area contributed by atoms with Crippen LogP contribution in [0, 0.1) is 6.92 Å². The first-order valence-electron chi connectivity index (χ1n) is 13.2. The first-order valence-corrected chi connectivity index (χ1v) is 16.1. The van der Waals surface area contributed by atoms with Gasteiger partial charge in [-0.25, -0.2) is 16.8 Å². The van der Waals surface area contributed by atoms with E-state index in [-0.39, 0.29) is 9.79 Å². The highest BCUT2D eigenvalue weighted by atomic mass is 32.2. The number of benzene rings is 3. The number of carbonyl (C=O) groups excluding carboxylic acids is 1. The van der Waals surface area contributed by atoms with Gasteiger partial charge >= 0.3 is 0 Å². The largest absolute Gasteiger partial charge is 0.325 e. The maximum absolute atomic E-state index is 13.6. The van der Waals surface area contributed by atoms with Crippen LogP contribution in [0.25, 0.3) is 0 Å². The molecule has 0 spiro atoms. The lowest BCUT2D eigenvalue weighted by molar-refractivity contribution is -0.114. The molecule has 1 N–H and O–H groups in total. The Morgan fingerprint density at radius 3 is 1.92 bits per heavy atom. The Balaban J connectivity index is 1.54. The van der Waals surface area contributed by atoms with Gasteiger partial charge in [0.05, 0.1) is 15.5 Å². The van der Waals surface area contributed by atoms with Crippen LogP contribution in [0.3, 0.4) is 0 Å². The van der Waals surface area contributed by atoms with E-state index in [9.17, 15) is 21.6 Å². The number of rotatable bonds is 9. The van der Waals surface area contributed by atoms with Crippen LogP contribution in [0.1, 0.15) is 43.7 Å². The van der Waals surface area contributed by atoms with Gasteiger partial charge in [-0.15, -0.1) is 0 Å². The van der Waals surface area contributed by atoms with Crippen molar-refractivity contribution in [1.29, 1.82) is 0 Å². The van der Waals surface area contributed by atoms with Crippen LogP contribution in [0.15, 0.2) is 82.6 Å². The van der Waals surface area contributed by atoms with Crippen molar-refractivity contribution in [3.8, 4) is 0 Å². The fourth-order valence-corrected chi connectivity index (χ4v) is 7.46. The smallest absolute Gasteiger partial charge is 0.264 e. The lowest BCUT2D eigenvalue weighted by Gasteiger charge is -2.24. The van der Waals surface area contributed by atoms with Gasteiger partial charge in [-0.1, -0.05) is 49.6 Å². The Labute approximate surface area is 231 Å². The summed E-state index contributed by atoms with van der Waals surface area (Å²) < 4.78 is 55.9. The van der Waals surface area contributed by atoms with Gasteiger partial charge in [-0.2, -0.15) is 4.31 Å². The monoisotopic (exact) mass is 569 g/mol. The van der Waals surface area contributed by atoms with Crippen molar-refractivity contribution in [2.24, 2.45) is 0 Å². The van der Waals surface area contributed by atoms with Crippen molar-refractivity contribution in [3.63, 3.8) is 0 Å². The summed E-state index contributed by atoms with van der Waals surface area (Å²) in [6, 6.07) is 19.6. The van der Waals surface area contributed by atoms with Crippen molar-refractivity contribution in [1.82, 2.24) is 4.31 Å². The number of hydrogen-bond acceptors (Lipinski definition) is 5. The Bertz CT molecular complexity index is 1480. The van der Waals surface area contributed by atoms with Gasteiger partial charge in [0.15, 0.2) is 0 Å². The summed E-state index contributed by atoms with van der Waals surface area (Å²) in [4.78, 5) is 13.3. The van der Waals surface area contributed by atoms with E-state index in [4.69, 9.17) is 0 Å². The first kappa shape index (κ1) is 28.8. The average molecular weight is 570 g/mol. The highest BCUT2D eigenvalue weighted by Crippen LogP contribution is 2.26. The molecule has 208 valence electrons. The minimum atomic E-state index is -4.03. The van der Waals surface area contributed by atoms with E-state index in [0.29, 0.717) is 24.5 Å². The van der Waals surface area contributed by atoms with Gasteiger partial charge in [-0.05, 0) is 80.3 Å². The van der Waals surface area contributed by atoms with Crippen LogP contribution in [-0.2, 0) is 31.3 Å². The van der Waals surface area contributed by atoms with Crippen LogP contribution in [0.4, 0.5) is 11.4 Å². The molecule has 1 fully saturated rings. The molecule has 0 aliphatic carbocycles. The van der Waals surface area contributed by atoms with Gasteiger partial charge in [0.1, 0.15) is 6.54 Å². The number of nitrogens with zero attached hydrogens (tertiary/aromatic N) is 2. The van der Waals surface area contributed by atoms with Crippen molar-refractivity contribution in [3.05, 3.63) is 83.9 Å². The van der Waals surface area contributed by atoms with E-state index < -0.39 is 32.5 Å². The molecule has 3 aromatic rings. The molecule has 0 aromatic heterocycles. The van der Waals surface area contributed by atoms with E-state index in [1.165, 1.54) is 40.7 Å². The number of amides is 1. The zero-order chi connectivity index (χ0) is 28.0. The molecule has 10 heteroatoms. The Hall–Kier alpha value is -3.21. The van der Waals surface area contributed by atoms with E-state index in [1.54, 1.807) is 24.3 Å². The minimum Gasteiger partial charge on any atom is -0.325 e. The lowest BCUT2D eigenvalue weighted by Crippen LogP contribution is -2.38. The Morgan fingerprint density at radius 1 is 0.795 bits per heavy atom. The fourth-order valence-electron chi connectivity index (χ4n) is 4.52. The fraction of sp³-hybridized carbons (Fsp3) is 0.345. The molecule has 0 saturated carbocycles. The zero-order valence-electron chi connectivity index (χ0n) is 22.3. The summed E-state index contributed by atoms with van der Waals surface area (Å²) in [5, 5.41) is 2.71. The molecule has 0 radical (unpaired) electrons. The van der Waals surface area contributed by atoms with Crippen LogP contribution in [0.5, 0.6) is 0 Å². The zero-order valence-corrected chi connectivity index (χ0v) is 24.0. The van der Waals surface area contributed by atoms with Gasteiger partial charge in [0, 0.05) is 18.8 Å². The summed E-state index contributed by atoms with van der Waals surface area (Å²) in [5.41, 5.74) is 2.73. The van der Waals surface area contributed by atoms with Crippen molar-refractivity contribution >= 4 is 37.3 Å². The number of hydrogen-bond donors (Lipinski definition) is 1. The molecule has 0 bridgehead atoms. The van der Waals surface area contributed by atoms with Gasteiger partial charge in [-0.3, -0.25) is 9.10 Å². The van der Waals surface area contributed by atoms with Crippen molar-refractivity contribution < 1.29 is 21.6 Å². The second-order valence-corrected chi connectivity index (χ2v) is 13.5. The normalized spacial score (nSPS) is 14.9. The number of carbonyl (C=O) groups is 1. The van der Waals surface area contributed by atoms with E-state index in [1.807, 2.05) is 26.0 Å². The van der Waals surface area contributed by atoms with Crippen LogP contribution < -0.4 is 9.62 Å². The predicted octanol–water partition coefficient (Wildman–Crippen LogP) is 4.96. The molecule has 1 amide bonds. The Morgan fingerprint density at radius 2 is 1.36 bits per heavy atom. The summed E-state index contributed by atoms with van der Waals surface area (Å²) in [5.74, 6) is -0.548. The quantitative estimate of drug-likeness (QED) is 0.393. The predicted molar refractivity (Wildman–Crippen MR) is 154 cm³/mol. The number of anilines is 2. The van der Waals surface area contributed by atoms with Crippen molar-refractivity contribution in [2.75, 3.05) is 29.3 Å². The Kier molecular flexibility index (Phi) is 9.09. The second kappa shape index (κ2) is 12.3. The van der Waals surface area contributed by atoms with Crippen molar-refractivity contribution in [2.45, 2.75) is 55.7 Å². The molecule has 8 nitrogen and oxygen atoms in total. The molecule has 39 heavy (non-hydrogen) atoms. The molecule has 1 saturated heterocycles. The molecule has 3 aromatic carbocycles. The van der Waals surface area contributed by atoms with Crippen LogP contribution in [-0.4, -0.2) is 46.7 Å². The minimum absolute atomic E-state index is 0.0866. The molecular formula is C29H35N3O5S2. The molecule has 4 rings (SSSR count). The number of aryl methyl sites for hydroxylation is 2. The number of sulfonamides is 2. The van der Waals surface area contributed by atoms with Crippen LogP contribution >= 0.6 is 0 Å². The molecule has 1 aliphatic heterocycles. The second-order valence-electron chi connectivity index (χ2n) is 9.74. The standard InChI is InChI=1S/C29H35N3O5S2/c1-3-24-10-14-26(15-11-24)32(39(36,37)28-16-8-23(2)9-17-28)22-29(33)30-25-12-18-27(19-13-25)38(34,35)31-20-6-4-5-7-21-31/h8-19H,3-7,20-22H2,1-2H3,(H,30,33). The molecule has 0 unspecified atom stereocenters. The maximum atomic E-state index is 13.6. The summed E-state index contributed by atoms with van der Waals surface area (Å²) in [6.45, 7) is 4.44. The summed E-state index contributed by atoms with van der Waals surface area (Å²) in [7, 11) is -7.64. The third-order valence-corrected chi connectivity index (χ3v) is 10.6. The van der Waals surface area contributed by atoms with Gasteiger partial charge in [0.2, 0.25) is 15.9 Å². The third kappa shape index (κ3) is 6.87. The topological polar surface area (TPSA) is 104 Å². The SMILES string of the molecule is CCc1ccc(N(CC(=O)Nc2ccc(S(=O)(=O)N3CCCCCC3)cc2)S(=O)(=O)c2ccc(C)cc2)cc1. The third-order valence-electron chi connectivity index (χ3n) is 6.87. The van der Waals surface area contributed by atoms with Crippen LogP contribution in [0.2, 0.25) is 0 Å². The van der Waals surface area contributed by atoms with Gasteiger partial charge in [0.25, 0.3) is 10.0 Å². The van der Waals surface area contributed by atoms with E-state index in [0.717, 1.165) is 47.5 Å². The molecule has 0 atom stereocenters. The summed E-state index contributed by atoms with van der Waals surface area (Å²) >= 11 is 0. The molecular weight excluding hydrogens is 534 g/mol. The summed E-state index contributed by atoms with van der Waals surface area (Å²) in [6.07, 6.45) is 4.54. The highest BCUT2D eigenvalue weighted by Gasteiger charge is 2.28. The number of nitrogens with one attached hydrogen (secondary N) is 1. The highest BCUT2D eigenvalue weighted by molar-refractivity contribution is 7.92. The maximum Gasteiger partial charge on any atom is 0.264 e. The van der Waals surface area contributed by atoms with E-state index >= 15 is 0 Å². The molecule has 1 aliphatic rings. The first-order chi connectivity index (χ1) is 18.6. The lowest BCUT2D eigenvalue weighted by atomic mass is 10.1. The average Bonchev–Trinajstić information content (AvgIpc) is 3.23. The molecule has 1 heterocycles. The van der Waals surface area contributed by atoms with E-state index in [2.05, 4.69) is 5.32 Å². The van der Waals surface area contributed by atoms with Gasteiger partial charge < -0.3 is 5.32 Å².